The van der Waals surface area contributed by atoms with Gasteiger partial charge in [0.15, 0.2) is 5.82 Å². The SMILES string of the molecule is Cc1nc2ccc(-n3ncnc3C3CC(n4cc(-c5cc(F)cc(F)c5)nn4)C(O)C(CO)O3)cc2s1. The largest absolute Gasteiger partial charge is 0.394 e. The normalized spacial score (nSPS) is 22.1. The van der Waals surface area contributed by atoms with Crippen molar-refractivity contribution in [3.8, 4) is 16.9 Å². The molecule has 2 N–H and O–H groups in total. The van der Waals surface area contributed by atoms with Gasteiger partial charge in [0, 0.05) is 18.1 Å². The van der Waals surface area contributed by atoms with E-state index in [0.29, 0.717) is 5.82 Å². The van der Waals surface area contributed by atoms with Crippen molar-refractivity contribution in [2.45, 2.75) is 37.7 Å². The fourth-order valence-electron chi connectivity index (χ4n) is 4.64. The molecule has 4 heterocycles. The highest BCUT2D eigenvalue weighted by Gasteiger charge is 2.41. The number of aliphatic hydroxyl groups excluding tert-OH is 2. The molecule has 190 valence electrons. The molecule has 5 aromatic rings. The zero-order valence-corrected chi connectivity index (χ0v) is 20.3. The smallest absolute Gasteiger partial charge is 0.161 e. The van der Waals surface area contributed by atoms with E-state index in [4.69, 9.17) is 4.74 Å². The highest BCUT2D eigenvalue weighted by molar-refractivity contribution is 7.18. The molecule has 3 aromatic heterocycles. The number of rotatable bonds is 5. The number of aryl methyl sites for hydroxylation is 1. The minimum Gasteiger partial charge on any atom is -0.394 e. The maximum absolute atomic E-state index is 13.7. The Labute approximate surface area is 212 Å². The highest BCUT2D eigenvalue weighted by atomic mass is 32.1. The van der Waals surface area contributed by atoms with Crippen LogP contribution in [0.1, 0.15) is 29.4 Å². The molecule has 10 nitrogen and oxygen atoms in total. The Morgan fingerprint density at radius 3 is 2.76 bits per heavy atom. The summed E-state index contributed by atoms with van der Waals surface area (Å²) in [6.07, 6.45) is 0.460. The third-order valence-corrected chi connectivity index (χ3v) is 7.28. The molecule has 1 saturated heterocycles. The third-order valence-electron chi connectivity index (χ3n) is 6.34. The van der Waals surface area contributed by atoms with Crippen molar-refractivity contribution in [3.05, 3.63) is 71.4 Å². The quantitative estimate of drug-likeness (QED) is 0.359. The second kappa shape index (κ2) is 9.34. The van der Waals surface area contributed by atoms with E-state index in [-0.39, 0.29) is 17.7 Å². The van der Waals surface area contributed by atoms with Crippen molar-refractivity contribution in [2.24, 2.45) is 0 Å². The van der Waals surface area contributed by atoms with Crippen LogP contribution in [0, 0.1) is 18.6 Å². The second-order valence-corrected chi connectivity index (χ2v) is 10.0. The van der Waals surface area contributed by atoms with Crippen molar-refractivity contribution in [1.82, 2.24) is 34.7 Å². The molecule has 0 aliphatic carbocycles. The van der Waals surface area contributed by atoms with Crippen LogP contribution in [0.3, 0.4) is 0 Å². The van der Waals surface area contributed by atoms with Gasteiger partial charge in [0.2, 0.25) is 0 Å². The number of ether oxygens (including phenoxy) is 1. The molecule has 1 fully saturated rings. The van der Waals surface area contributed by atoms with Gasteiger partial charge in [-0.25, -0.2) is 28.1 Å². The van der Waals surface area contributed by atoms with E-state index in [2.05, 4.69) is 25.4 Å². The second-order valence-electron chi connectivity index (χ2n) is 8.80. The van der Waals surface area contributed by atoms with Gasteiger partial charge in [-0.2, -0.15) is 5.10 Å². The molecule has 0 radical (unpaired) electrons. The van der Waals surface area contributed by atoms with Crippen LogP contribution in [-0.2, 0) is 4.74 Å². The Hall–Kier alpha value is -3.65. The highest BCUT2D eigenvalue weighted by Crippen LogP contribution is 2.38. The van der Waals surface area contributed by atoms with Crippen LogP contribution < -0.4 is 0 Å². The standard InChI is InChI=1S/C24H21F2N7O3S/c1-12-29-17-3-2-16(7-22(17)37-12)33-24(27-11-28-33)20-8-19(23(35)21(10-34)36-20)32-9-18(30-31-32)13-4-14(25)6-15(26)5-13/h2-7,9,11,19-21,23,34-35H,8,10H2,1H3. The average Bonchev–Trinajstić information content (AvgIpc) is 3.62. The molecular weight excluding hydrogens is 504 g/mol. The summed E-state index contributed by atoms with van der Waals surface area (Å²) in [5.74, 6) is -0.979. The lowest BCUT2D eigenvalue weighted by atomic mass is 9.95. The number of benzene rings is 2. The van der Waals surface area contributed by atoms with Gasteiger partial charge < -0.3 is 14.9 Å². The number of hydrogen-bond donors (Lipinski definition) is 2. The summed E-state index contributed by atoms with van der Waals surface area (Å²) in [6, 6.07) is 8.20. The Kier molecular flexibility index (Phi) is 5.99. The van der Waals surface area contributed by atoms with Crippen molar-refractivity contribution >= 4 is 21.6 Å². The molecule has 4 unspecified atom stereocenters. The minimum absolute atomic E-state index is 0.217. The van der Waals surface area contributed by atoms with Gasteiger partial charge in [-0.05, 0) is 37.3 Å². The van der Waals surface area contributed by atoms with Crippen LogP contribution >= 0.6 is 11.3 Å². The first kappa shape index (κ1) is 23.7. The number of hydrogen-bond acceptors (Lipinski definition) is 9. The molecule has 0 amide bonds. The lowest BCUT2D eigenvalue weighted by Crippen LogP contribution is -2.45. The Morgan fingerprint density at radius 2 is 1.97 bits per heavy atom. The summed E-state index contributed by atoms with van der Waals surface area (Å²) >= 11 is 1.57. The zero-order valence-electron chi connectivity index (χ0n) is 19.4. The average molecular weight is 526 g/mol. The van der Waals surface area contributed by atoms with Gasteiger partial charge in [0.1, 0.15) is 42.0 Å². The van der Waals surface area contributed by atoms with Crippen LogP contribution in [0.25, 0.3) is 27.2 Å². The molecule has 0 saturated carbocycles. The summed E-state index contributed by atoms with van der Waals surface area (Å²) < 4.78 is 37.5. The van der Waals surface area contributed by atoms with E-state index in [1.807, 2.05) is 25.1 Å². The molecule has 2 aromatic carbocycles. The molecule has 37 heavy (non-hydrogen) atoms. The van der Waals surface area contributed by atoms with Crippen LogP contribution in [-0.4, -0.2) is 63.8 Å². The molecule has 0 spiro atoms. The lowest BCUT2D eigenvalue weighted by molar-refractivity contribution is -0.161. The van der Waals surface area contributed by atoms with Gasteiger partial charge in [-0.1, -0.05) is 5.21 Å². The summed E-state index contributed by atoms with van der Waals surface area (Å²) in [5.41, 5.74) is 2.12. The van der Waals surface area contributed by atoms with Crippen molar-refractivity contribution in [3.63, 3.8) is 0 Å². The van der Waals surface area contributed by atoms with E-state index < -0.39 is 42.6 Å². The Balaban J connectivity index is 1.33. The van der Waals surface area contributed by atoms with E-state index in [1.54, 1.807) is 16.0 Å². The Bertz CT molecular complexity index is 1570. The maximum Gasteiger partial charge on any atom is 0.161 e. The fraction of sp³-hybridized carbons (Fsp3) is 0.292. The van der Waals surface area contributed by atoms with E-state index in [1.165, 1.54) is 17.2 Å². The first-order valence-corrected chi connectivity index (χ1v) is 12.3. The van der Waals surface area contributed by atoms with Crippen LogP contribution in [0.5, 0.6) is 0 Å². The third kappa shape index (κ3) is 4.39. The van der Waals surface area contributed by atoms with E-state index in [9.17, 15) is 19.0 Å². The van der Waals surface area contributed by atoms with Crippen LogP contribution in [0.15, 0.2) is 48.9 Å². The molecule has 0 bridgehead atoms. The summed E-state index contributed by atoms with van der Waals surface area (Å²) in [6.45, 7) is 1.51. The summed E-state index contributed by atoms with van der Waals surface area (Å²) in [5, 5.41) is 34.3. The van der Waals surface area contributed by atoms with Gasteiger partial charge >= 0.3 is 0 Å². The van der Waals surface area contributed by atoms with Crippen LogP contribution in [0.4, 0.5) is 8.78 Å². The number of aliphatic hydroxyl groups is 2. The number of nitrogens with zero attached hydrogens (tertiary/aromatic N) is 7. The summed E-state index contributed by atoms with van der Waals surface area (Å²) in [4.78, 5) is 8.91. The van der Waals surface area contributed by atoms with Gasteiger partial charge in [0.05, 0.1) is 39.8 Å². The first-order chi connectivity index (χ1) is 17.9. The monoisotopic (exact) mass is 525 g/mol. The van der Waals surface area contributed by atoms with Gasteiger partial charge in [-0.15, -0.1) is 16.4 Å². The molecule has 4 atom stereocenters. The molecule has 13 heteroatoms. The van der Waals surface area contributed by atoms with Crippen molar-refractivity contribution in [1.29, 1.82) is 0 Å². The number of aromatic nitrogens is 7. The van der Waals surface area contributed by atoms with Crippen LogP contribution in [0.2, 0.25) is 0 Å². The number of halogens is 2. The zero-order chi connectivity index (χ0) is 25.7. The van der Waals surface area contributed by atoms with Crippen molar-refractivity contribution < 1.29 is 23.7 Å². The number of thiazole rings is 1. The van der Waals surface area contributed by atoms with E-state index >= 15 is 0 Å². The molecular formula is C24H21F2N7O3S. The number of fused-ring (bicyclic) bond motifs is 1. The first-order valence-electron chi connectivity index (χ1n) is 11.5. The van der Waals surface area contributed by atoms with Crippen molar-refractivity contribution in [2.75, 3.05) is 6.61 Å². The predicted molar refractivity (Wildman–Crippen MR) is 129 cm³/mol. The summed E-state index contributed by atoms with van der Waals surface area (Å²) in [7, 11) is 0. The molecule has 1 aliphatic rings. The van der Waals surface area contributed by atoms with E-state index in [0.717, 1.165) is 39.1 Å². The Morgan fingerprint density at radius 1 is 1.16 bits per heavy atom. The maximum atomic E-state index is 13.7. The lowest BCUT2D eigenvalue weighted by Gasteiger charge is -2.38. The molecule has 1 aliphatic heterocycles. The minimum atomic E-state index is -1.12. The predicted octanol–water partition coefficient (Wildman–Crippen LogP) is 3.15. The van der Waals surface area contributed by atoms with Gasteiger partial charge in [0.25, 0.3) is 0 Å². The van der Waals surface area contributed by atoms with Gasteiger partial charge in [-0.3, -0.25) is 0 Å². The fourth-order valence-corrected chi connectivity index (χ4v) is 5.50. The molecule has 6 rings (SSSR count). The topological polar surface area (TPSA) is 124 Å².